The van der Waals surface area contributed by atoms with E-state index in [1.165, 1.54) is 36.5 Å². The molecule has 3 aromatic heterocycles. The Balaban J connectivity index is 0.000000172. The van der Waals surface area contributed by atoms with Gasteiger partial charge in [0.25, 0.3) is 0 Å². The third kappa shape index (κ3) is 4.80. The first-order valence-corrected chi connectivity index (χ1v) is 11.1. The fourth-order valence-electron chi connectivity index (χ4n) is 3.38. The topological polar surface area (TPSA) is 38.7 Å². The first-order chi connectivity index (χ1) is 16.2. The van der Waals surface area contributed by atoms with Gasteiger partial charge in [-0.05, 0) is 61.9 Å². The number of pyridine rings is 3. The van der Waals surface area contributed by atoms with Crippen LogP contribution in [-0.4, -0.2) is 15.0 Å². The van der Waals surface area contributed by atoms with Crippen molar-refractivity contribution >= 4 is 56.6 Å². The Labute approximate surface area is 208 Å². The number of rotatable bonds is 1. The molecule has 0 N–H and O–H groups in total. The van der Waals surface area contributed by atoms with E-state index < -0.39 is 5.82 Å². The Morgan fingerprint density at radius 2 is 1.21 bits per heavy atom. The van der Waals surface area contributed by atoms with Crippen LogP contribution in [0, 0.1) is 31.3 Å². The molecular weight excluding hydrogens is 506 g/mol. The van der Waals surface area contributed by atoms with Gasteiger partial charge < -0.3 is 0 Å². The molecule has 0 aliphatic heterocycles. The van der Waals surface area contributed by atoms with Crippen molar-refractivity contribution in [2.24, 2.45) is 0 Å². The predicted octanol–water partition coefficient (Wildman–Crippen LogP) is 8.53. The minimum absolute atomic E-state index is 0.331. The SMILES string of the molecule is Cc1c(-c2cncc(F)c2)nc2ccc(F)cc2c1Cl.Cc1c(Cl)nc2ccc(F)cc2c1Cl. The van der Waals surface area contributed by atoms with Crippen molar-refractivity contribution < 1.29 is 13.2 Å². The second kappa shape index (κ2) is 9.74. The van der Waals surface area contributed by atoms with Gasteiger partial charge in [-0.25, -0.2) is 23.1 Å². The normalized spacial score (nSPS) is 10.9. The molecule has 0 radical (unpaired) electrons. The summed E-state index contributed by atoms with van der Waals surface area (Å²) in [4.78, 5) is 12.3. The molecule has 5 rings (SSSR count). The molecule has 5 aromatic rings. The highest BCUT2D eigenvalue weighted by Gasteiger charge is 2.13. The summed E-state index contributed by atoms with van der Waals surface area (Å²) in [7, 11) is 0. The van der Waals surface area contributed by atoms with E-state index in [1.54, 1.807) is 26.0 Å². The van der Waals surface area contributed by atoms with Crippen molar-refractivity contribution in [3.05, 3.63) is 98.6 Å². The van der Waals surface area contributed by atoms with Crippen molar-refractivity contribution in [2.75, 3.05) is 0 Å². The van der Waals surface area contributed by atoms with Crippen molar-refractivity contribution in [1.29, 1.82) is 0 Å². The van der Waals surface area contributed by atoms with E-state index in [0.717, 1.165) is 6.20 Å². The van der Waals surface area contributed by atoms with Gasteiger partial charge >= 0.3 is 0 Å². The van der Waals surface area contributed by atoms with E-state index in [1.807, 2.05) is 0 Å². The van der Waals surface area contributed by atoms with Gasteiger partial charge in [-0.2, -0.15) is 0 Å². The van der Waals surface area contributed by atoms with Crippen LogP contribution in [-0.2, 0) is 0 Å². The van der Waals surface area contributed by atoms with Gasteiger partial charge in [0.05, 0.1) is 33.0 Å². The van der Waals surface area contributed by atoms with Gasteiger partial charge in [0.1, 0.15) is 22.6 Å². The number of hydrogen-bond acceptors (Lipinski definition) is 3. The summed E-state index contributed by atoms with van der Waals surface area (Å²) in [6, 6.07) is 9.79. The monoisotopic (exact) mass is 519 g/mol. The predicted molar refractivity (Wildman–Crippen MR) is 131 cm³/mol. The Morgan fingerprint density at radius 3 is 1.79 bits per heavy atom. The molecule has 0 atom stereocenters. The molecule has 0 saturated heterocycles. The second-order valence-electron chi connectivity index (χ2n) is 7.46. The van der Waals surface area contributed by atoms with Crippen LogP contribution in [0.1, 0.15) is 11.1 Å². The average Bonchev–Trinajstić information content (AvgIpc) is 2.81. The first kappa shape index (κ1) is 24.2. The maximum atomic E-state index is 13.3. The molecular formula is C25H15Cl3F3N3. The molecule has 34 heavy (non-hydrogen) atoms. The van der Waals surface area contributed by atoms with E-state index in [2.05, 4.69) is 15.0 Å². The third-order valence-electron chi connectivity index (χ3n) is 5.14. The summed E-state index contributed by atoms with van der Waals surface area (Å²) in [6.45, 7) is 3.52. The molecule has 0 aliphatic rings. The van der Waals surface area contributed by atoms with Gasteiger partial charge in [0.15, 0.2) is 0 Å². The molecule has 0 saturated carbocycles. The lowest BCUT2D eigenvalue weighted by molar-refractivity contribution is 0.622. The van der Waals surface area contributed by atoms with E-state index in [9.17, 15) is 13.2 Å². The molecule has 3 heterocycles. The van der Waals surface area contributed by atoms with E-state index >= 15 is 0 Å². The van der Waals surface area contributed by atoms with Gasteiger partial charge in [-0.3, -0.25) is 4.98 Å². The van der Waals surface area contributed by atoms with Crippen LogP contribution >= 0.6 is 34.8 Å². The summed E-state index contributed by atoms with van der Waals surface area (Å²) in [5.41, 5.74) is 3.58. The lowest BCUT2D eigenvalue weighted by atomic mass is 10.1. The molecule has 0 fully saturated rings. The van der Waals surface area contributed by atoms with Crippen LogP contribution in [0.25, 0.3) is 33.1 Å². The zero-order valence-electron chi connectivity index (χ0n) is 17.8. The van der Waals surface area contributed by atoms with Crippen LogP contribution < -0.4 is 0 Å². The Hall–Kier alpha value is -2.93. The highest BCUT2D eigenvalue weighted by molar-refractivity contribution is 6.39. The molecule has 0 unspecified atom stereocenters. The lowest BCUT2D eigenvalue weighted by Crippen LogP contribution is -1.94. The van der Waals surface area contributed by atoms with Gasteiger partial charge in [0, 0.05) is 28.1 Å². The Morgan fingerprint density at radius 1 is 0.647 bits per heavy atom. The zero-order chi connectivity index (χ0) is 24.6. The fraction of sp³-hybridized carbons (Fsp3) is 0.0800. The van der Waals surface area contributed by atoms with Crippen molar-refractivity contribution in [1.82, 2.24) is 15.0 Å². The third-order valence-corrected chi connectivity index (χ3v) is 6.48. The summed E-state index contributed by atoms with van der Waals surface area (Å²) < 4.78 is 39.5. The van der Waals surface area contributed by atoms with Crippen LogP contribution in [0.15, 0.2) is 54.9 Å². The Kier molecular flexibility index (Phi) is 6.94. The van der Waals surface area contributed by atoms with Crippen LogP contribution in [0.2, 0.25) is 15.2 Å². The quantitative estimate of drug-likeness (QED) is 0.208. The minimum atomic E-state index is -0.445. The van der Waals surface area contributed by atoms with Crippen molar-refractivity contribution in [3.8, 4) is 11.3 Å². The summed E-state index contributed by atoms with van der Waals surface area (Å²) in [6.07, 6.45) is 2.64. The van der Waals surface area contributed by atoms with Crippen LogP contribution in [0.3, 0.4) is 0 Å². The molecule has 0 amide bonds. The molecule has 3 nitrogen and oxygen atoms in total. The molecule has 2 aromatic carbocycles. The minimum Gasteiger partial charge on any atom is -0.261 e. The summed E-state index contributed by atoms with van der Waals surface area (Å²) >= 11 is 18.1. The van der Waals surface area contributed by atoms with E-state index in [-0.39, 0.29) is 11.6 Å². The fourth-order valence-corrected chi connectivity index (χ4v) is 4.09. The maximum absolute atomic E-state index is 13.3. The standard InChI is InChI=1S/C15H9ClF2N2.C10H6Cl2FN/c1-8-14(16)12-5-10(17)2-3-13(12)20-15(8)9-4-11(18)7-19-6-9;1-5-9(11)7-4-6(13)2-3-8(7)14-10(5)12/h2-7H,1H3;2-4H,1H3. The number of halogens is 6. The highest BCUT2D eigenvalue weighted by Crippen LogP contribution is 2.33. The van der Waals surface area contributed by atoms with Gasteiger partial charge in [-0.15, -0.1) is 0 Å². The highest BCUT2D eigenvalue weighted by atomic mass is 35.5. The van der Waals surface area contributed by atoms with Crippen molar-refractivity contribution in [2.45, 2.75) is 13.8 Å². The first-order valence-electron chi connectivity index (χ1n) is 9.93. The van der Waals surface area contributed by atoms with E-state index in [4.69, 9.17) is 34.8 Å². The summed E-state index contributed by atoms with van der Waals surface area (Å²) in [5.74, 6) is -1.15. The number of benzene rings is 2. The summed E-state index contributed by atoms with van der Waals surface area (Å²) in [5, 5.41) is 2.35. The molecule has 0 bridgehead atoms. The maximum Gasteiger partial charge on any atom is 0.142 e. The molecule has 0 aliphatic carbocycles. The number of nitrogens with zero attached hydrogens (tertiary/aromatic N) is 3. The number of aromatic nitrogens is 3. The molecule has 172 valence electrons. The van der Waals surface area contributed by atoms with Gasteiger partial charge in [-0.1, -0.05) is 34.8 Å². The largest absolute Gasteiger partial charge is 0.261 e. The molecule has 0 spiro atoms. The van der Waals surface area contributed by atoms with Crippen LogP contribution in [0.5, 0.6) is 0 Å². The smallest absolute Gasteiger partial charge is 0.142 e. The van der Waals surface area contributed by atoms with Crippen molar-refractivity contribution in [3.63, 3.8) is 0 Å². The molecule has 9 heteroatoms. The number of hydrogen-bond donors (Lipinski definition) is 0. The second-order valence-corrected chi connectivity index (χ2v) is 8.57. The number of fused-ring (bicyclic) bond motifs is 2. The average molecular weight is 521 g/mol. The zero-order valence-corrected chi connectivity index (χ0v) is 20.1. The van der Waals surface area contributed by atoms with Gasteiger partial charge in [0.2, 0.25) is 0 Å². The van der Waals surface area contributed by atoms with Crippen LogP contribution in [0.4, 0.5) is 13.2 Å². The Bertz CT molecular complexity index is 1560. The lowest BCUT2D eigenvalue weighted by Gasteiger charge is -2.10. The van der Waals surface area contributed by atoms with E-state index in [0.29, 0.717) is 59.4 Å².